The van der Waals surface area contributed by atoms with Crippen molar-refractivity contribution in [3.05, 3.63) is 83.3 Å². The van der Waals surface area contributed by atoms with Crippen molar-refractivity contribution in [1.82, 2.24) is 5.32 Å². The minimum atomic E-state index is -3.15. The second kappa shape index (κ2) is 11.5. The highest BCUT2D eigenvalue weighted by Gasteiger charge is 2.43. The lowest BCUT2D eigenvalue weighted by Gasteiger charge is -2.31. The van der Waals surface area contributed by atoms with Gasteiger partial charge in [-0.1, -0.05) is 79.9 Å². The summed E-state index contributed by atoms with van der Waals surface area (Å²) >= 11 is 0. The van der Waals surface area contributed by atoms with Crippen LogP contribution in [0.25, 0.3) is 0 Å². The highest BCUT2D eigenvalue weighted by atomic mass is 31.2. The topological polar surface area (TPSA) is 94.1 Å². The minimum Gasteiger partial charge on any atom is -0.466 e. The van der Waals surface area contributed by atoms with Gasteiger partial charge in [0.05, 0.1) is 26.3 Å². The summed E-state index contributed by atoms with van der Waals surface area (Å²) in [6.45, 7) is 1.90. The molecule has 0 aromatic heterocycles. The monoisotopic (exact) mass is 506 g/mol. The van der Waals surface area contributed by atoms with Gasteiger partial charge in [0.2, 0.25) is 0 Å². The van der Waals surface area contributed by atoms with E-state index >= 15 is 0 Å². The molecule has 2 amide bonds. The van der Waals surface area contributed by atoms with Crippen molar-refractivity contribution in [2.24, 2.45) is 10.7 Å². The molecule has 0 atom stereocenters. The van der Waals surface area contributed by atoms with Crippen LogP contribution in [0.2, 0.25) is 0 Å². The van der Waals surface area contributed by atoms with Gasteiger partial charge in [0.15, 0.2) is 0 Å². The molecule has 36 heavy (non-hydrogen) atoms. The van der Waals surface area contributed by atoms with Crippen LogP contribution < -0.4 is 15.9 Å². The Labute approximate surface area is 211 Å². The predicted molar refractivity (Wildman–Crippen MR) is 140 cm³/mol. The Bertz CT molecular complexity index is 1200. The fourth-order valence-corrected chi connectivity index (χ4v) is 8.74. The van der Waals surface area contributed by atoms with E-state index in [4.69, 9.17) is 14.2 Å². The van der Waals surface area contributed by atoms with Gasteiger partial charge in [-0.2, -0.15) is 4.74 Å². The highest BCUT2D eigenvalue weighted by Crippen LogP contribution is 2.61. The number of methoxy groups -OCH3 is 1. The van der Waals surface area contributed by atoms with E-state index in [9.17, 15) is 14.4 Å². The van der Waals surface area contributed by atoms with Crippen LogP contribution in [0.5, 0.6) is 0 Å². The van der Waals surface area contributed by atoms with E-state index < -0.39 is 19.1 Å². The maximum absolute atomic E-state index is 13.4. The number of esters is 1. The van der Waals surface area contributed by atoms with Gasteiger partial charge in [0.25, 0.3) is 5.91 Å². The number of carbonyl (C=O) groups is 3. The number of allylic oxidation sites excluding steroid dienone is 1. The largest absolute Gasteiger partial charge is 0.466 e. The van der Waals surface area contributed by atoms with Crippen LogP contribution >= 0.6 is 7.05 Å². The average molecular weight is 507 g/mol. The number of hydrogen-bond acceptors (Lipinski definition) is 5. The summed E-state index contributed by atoms with van der Waals surface area (Å²) in [5.74, 6) is -0.936. The van der Waals surface area contributed by atoms with E-state index in [1.807, 2.05) is 60.7 Å². The molecule has 0 bridgehead atoms. The lowest BCUT2D eigenvalue weighted by Crippen LogP contribution is -2.24. The molecule has 0 unspecified atom stereocenters. The van der Waals surface area contributed by atoms with Gasteiger partial charge in [-0.15, -0.1) is 0 Å². The number of hydrogen-bond donors (Lipinski definition) is 1. The van der Waals surface area contributed by atoms with Gasteiger partial charge in [0.1, 0.15) is 0 Å². The average Bonchev–Trinajstić information content (AvgIpc) is 3.24. The third kappa shape index (κ3) is 5.07. The van der Waals surface area contributed by atoms with Gasteiger partial charge < -0.3 is 14.8 Å². The van der Waals surface area contributed by atoms with Crippen molar-refractivity contribution in [1.29, 1.82) is 0 Å². The van der Waals surface area contributed by atoms with Gasteiger partial charge in [-0.05, 0) is 25.7 Å². The van der Waals surface area contributed by atoms with Gasteiger partial charge >= 0.3 is 12.1 Å². The molecule has 8 heteroatoms. The van der Waals surface area contributed by atoms with Crippen LogP contribution in [0.3, 0.4) is 0 Å². The van der Waals surface area contributed by atoms with Gasteiger partial charge in [-0.3, -0.25) is 4.79 Å². The minimum absolute atomic E-state index is 0.0884. The molecule has 7 nitrogen and oxygen atoms in total. The van der Waals surface area contributed by atoms with Crippen molar-refractivity contribution in [2.75, 3.05) is 13.7 Å². The Morgan fingerprint density at radius 1 is 1.00 bits per heavy atom. The van der Waals surface area contributed by atoms with Gasteiger partial charge in [-0.25, -0.2) is 9.59 Å². The zero-order valence-electron chi connectivity index (χ0n) is 20.6. The molecule has 0 saturated heterocycles. The lowest BCUT2D eigenvalue weighted by atomic mass is 9.87. The number of ether oxygens (including phenoxy) is 2. The maximum atomic E-state index is 13.4. The van der Waals surface area contributed by atoms with E-state index in [0.29, 0.717) is 5.31 Å². The molecular formula is C28H31N2O5P. The van der Waals surface area contributed by atoms with Crippen molar-refractivity contribution < 1.29 is 23.9 Å². The number of benzene rings is 2. The third-order valence-corrected chi connectivity index (χ3v) is 10.2. The molecular weight excluding hydrogens is 475 g/mol. The van der Waals surface area contributed by atoms with Crippen molar-refractivity contribution >= 4 is 35.6 Å². The van der Waals surface area contributed by atoms with Crippen LogP contribution in [0.1, 0.15) is 39.0 Å². The molecule has 1 fully saturated rings. The highest BCUT2D eigenvalue weighted by molar-refractivity contribution is 7.85. The Hall–Kier alpha value is -3.44. The zero-order valence-corrected chi connectivity index (χ0v) is 21.5. The Balaban J connectivity index is 2.15. The summed E-state index contributed by atoms with van der Waals surface area (Å²) in [4.78, 5) is 39.0. The summed E-state index contributed by atoms with van der Waals surface area (Å²) in [7, 11) is -1.87. The number of nitrogens with zero attached hydrogens (tertiary/aromatic N) is 1. The summed E-state index contributed by atoms with van der Waals surface area (Å²) < 4.78 is 15.0. The molecule has 2 aliphatic rings. The molecule has 1 aliphatic heterocycles. The van der Waals surface area contributed by atoms with Crippen molar-refractivity contribution in [3.63, 3.8) is 0 Å². The molecule has 4 rings (SSSR count). The van der Waals surface area contributed by atoms with Gasteiger partial charge in [0, 0.05) is 27.7 Å². The second-order valence-electron chi connectivity index (χ2n) is 8.74. The SMILES string of the molecule is CCOC(=O)N=P(C1=C(C2CCCCC2)NC(=O)/C1=C\C(=O)OC)(c1ccccc1)c1ccccc1. The molecule has 1 N–H and O–H groups in total. The first kappa shape index (κ1) is 25.6. The number of carbonyl (C=O) groups excluding carboxylic acids is 3. The Kier molecular flexibility index (Phi) is 8.21. The van der Waals surface area contributed by atoms with Crippen molar-refractivity contribution in [2.45, 2.75) is 39.0 Å². The van der Waals surface area contributed by atoms with Crippen LogP contribution in [-0.2, 0) is 19.1 Å². The van der Waals surface area contributed by atoms with E-state index in [1.165, 1.54) is 13.2 Å². The van der Waals surface area contributed by atoms with E-state index in [2.05, 4.69) is 5.32 Å². The van der Waals surface area contributed by atoms with Crippen LogP contribution in [0.15, 0.2) is 88.1 Å². The Morgan fingerprint density at radius 2 is 1.58 bits per heavy atom. The molecule has 2 aromatic rings. The summed E-state index contributed by atoms with van der Waals surface area (Å²) in [5.41, 5.74) is 0.945. The Morgan fingerprint density at radius 3 is 2.11 bits per heavy atom. The van der Waals surface area contributed by atoms with Crippen LogP contribution in [0.4, 0.5) is 4.79 Å². The molecule has 0 spiro atoms. The fourth-order valence-electron chi connectivity index (χ4n) is 4.98. The molecule has 1 aliphatic carbocycles. The van der Waals surface area contributed by atoms with Crippen molar-refractivity contribution in [3.8, 4) is 0 Å². The first-order valence-corrected chi connectivity index (χ1v) is 14.0. The summed E-state index contributed by atoms with van der Waals surface area (Å²) in [6.07, 6.45) is 5.58. The maximum Gasteiger partial charge on any atom is 0.433 e. The summed E-state index contributed by atoms with van der Waals surface area (Å²) in [5, 5.41) is 5.27. The first-order valence-electron chi connectivity index (χ1n) is 12.3. The molecule has 1 saturated carbocycles. The number of amides is 2. The standard InChI is InChI=1S/C28H31N2O5P/c1-3-35-28(33)30-36(21-15-9-5-10-16-21,22-17-11-6-12-18-22)26-23(19-24(31)34-2)27(32)29-25(26)20-13-7-4-8-14-20/h5-6,9-12,15-20H,3-4,7-8,13-14H2,1-2H3,(H,29,32)/b23-19-. The quantitative estimate of drug-likeness (QED) is 0.338. The fraction of sp³-hybridized carbons (Fsp3) is 0.321. The summed E-state index contributed by atoms with van der Waals surface area (Å²) in [6, 6.07) is 19.1. The van der Waals surface area contributed by atoms with E-state index in [1.54, 1.807) is 6.92 Å². The lowest BCUT2D eigenvalue weighted by molar-refractivity contribution is -0.135. The predicted octanol–water partition coefficient (Wildman–Crippen LogP) is 5.02. The molecule has 0 radical (unpaired) electrons. The molecule has 188 valence electrons. The van der Waals surface area contributed by atoms with E-state index in [0.717, 1.165) is 48.4 Å². The van der Waals surface area contributed by atoms with E-state index in [-0.39, 0.29) is 24.0 Å². The zero-order chi connectivity index (χ0) is 25.5. The number of rotatable bonds is 6. The second-order valence-corrected chi connectivity index (χ2v) is 11.7. The molecule has 2 aromatic carbocycles. The normalized spacial score (nSPS) is 17.6. The van der Waals surface area contributed by atoms with Crippen LogP contribution in [0, 0.1) is 5.92 Å². The number of nitrogens with one attached hydrogen (secondary N) is 1. The smallest absolute Gasteiger partial charge is 0.433 e. The molecule has 1 heterocycles. The third-order valence-electron chi connectivity index (χ3n) is 6.56. The first-order chi connectivity index (χ1) is 17.5. The van der Waals surface area contributed by atoms with Crippen LogP contribution in [-0.4, -0.2) is 31.7 Å².